The molecule has 7 heteroatoms. The number of nitrogens with zero attached hydrogens (tertiary/aromatic N) is 2. The predicted octanol–water partition coefficient (Wildman–Crippen LogP) is 4.67. The molecular weight excluding hydrogens is 470 g/mol. The van der Waals surface area contributed by atoms with Gasteiger partial charge in [-0.3, -0.25) is 4.90 Å². The van der Waals surface area contributed by atoms with Crippen molar-refractivity contribution in [2.75, 3.05) is 38.2 Å². The number of methoxy groups -OCH3 is 1. The highest BCUT2D eigenvalue weighted by Gasteiger charge is 2.30. The molecule has 2 aliphatic heterocycles. The topological polar surface area (TPSA) is 54.0 Å². The van der Waals surface area contributed by atoms with Crippen molar-refractivity contribution in [3.8, 4) is 5.75 Å². The molecular formula is C25H32BrN3O3. The van der Waals surface area contributed by atoms with Crippen molar-refractivity contribution in [3.63, 3.8) is 0 Å². The predicted molar refractivity (Wildman–Crippen MR) is 130 cm³/mol. The third-order valence-corrected chi connectivity index (χ3v) is 7.12. The quantitative estimate of drug-likeness (QED) is 0.533. The Hall–Kier alpha value is -2.09. The Kier molecular flexibility index (Phi) is 7.71. The van der Waals surface area contributed by atoms with E-state index in [1.165, 1.54) is 12.0 Å². The van der Waals surface area contributed by atoms with Gasteiger partial charge >= 0.3 is 6.03 Å². The number of urea groups is 1. The van der Waals surface area contributed by atoms with E-state index in [2.05, 4.69) is 38.3 Å². The number of ether oxygens (including phenoxy) is 2. The second kappa shape index (κ2) is 10.7. The number of likely N-dealkylation sites (tertiary alicyclic amines) is 1. The van der Waals surface area contributed by atoms with Crippen molar-refractivity contribution in [2.45, 2.75) is 38.5 Å². The maximum atomic E-state index is 12.6. The number of carbonyl (C=O) groups excluding carboxylic acids is 1. The molecule has 2 heterocycles. The van der Waals surface area contributed by atoms with Gasteiger partial charge in [-0.05, 0) is 74.5 Å². The first-order valence-corrected chi connectivity index (χ1v) is 12.1. The number of benzene rings is 2. The molecule has 0 spiro atoms. The van der Waals surface area contributed by atoms with Crippen molar-refractivity contribution in [1.82, 2.24) is 10.2 Å². The van der Waals surface area contributed by atoms with Crippen LogP contribution in [0.3, 0.4) is 0 Å². The summed E-state index contributed by atoms with van der Waals surface area (Å²) < 4.78 is 12.1. The van der Waals surface area contributed by atoms with E-state index in [9.17, 15) is 4.79 Å². The Morgan fingerprint density at radius 2 is 1.97 bits per heavy atom. The lowest BCUT2D eigenvalue weighted by molar-refractivity contribution is -0.0383. The van der Waals surface area contributed by atoms with Crippen LogP contribution in [0.4, 0.5) is 10.5 Å². The Labute approximate surface area is 199 Å². The molecule has 6 nitrogen and oxygen atoms in total. The zero-order valence-corrected chi connectivity index (χ0v) is 20.4. The third kappa shape index (κ3) is 5.82. The number of halogens is 1. The highest BCUT2D eigenvalue weighted by molar-refractivity contribution is 9.10. The van der Waals surface area contributed by atoms with Crippen LogP contribution in [0.2, 0.25) is 0 Å². The zero-order valence-electron chi connectivity index (χ0n) is 18.8. The van der Waals surface area contributed by atoms with Gasteiger partial charge in [0.25, 0.3) is 0 Å². The molecule has 0 aromatic heterocycles. The average Bonchev–Trinajstić information content (AvgIpc) is 3.23. The van der Waals surface area contributed by atoms with Crippen molar-refractivity contribution < 1.29 is 14.3 Å². The van der Waals surface area contributed by atoms with Crippen molar-refractivity contribution in [1.29, 1.82) is 0 Å². The molecule has 172 valence electrons. The molecule has 4 rings (SSSR count). The van der Waals surface area contributed by atoms with E-state index in [1.54, 1.807) is 7.11 Å². The lowest BCUT2D eigenvalue weighted by atomic mass is 9.98. The Morgan fingerprint density at radius 1 is 1.16 bits per heavy atom. The first-order chi connectivity index (χ1) is 15.5. The van der Waals surface area contributed by atoms with Gasteiger partial charge in [-0.1, -0.05) is 34.1 Å². The fraction of sp³-hybridized carbons (Fsp3) is 0.480. The van der Waals surface area contributed by atoms with Crippen LogP contribution >= 0.6 is 15.9 Å². The van der Waals surface area contributed by atoms with E-state index < -0.39 is 0 Å². The lowest BCUT2D eigenvalue weighted by Crippen LogP contribution is -2.55. The molecule has 2 amide bonds. The number of hydrogen-bond donors (Lipinski definition) is 1. The van der Waals surface area contributed by atoms with E-state index >= 15 is 0 Å². The van der Waals surface area contributed by atoms with Gasteiger partial charge in [0.15, 0.2) is 6.29 Å². The molecule has 2 saturated heterocycles. The van der Waals surface area contributed by atoms with Crippen molar-refractivity contribution in [2.24, 2.45) is 5.92 Å². The van der Waals surface area contributed by atoms with Crippen LogP contribution in [0, 0.1) is 5.92 Å². The summed E-state index contributed by atoms with van der Waals surface area (Å²) in [6.07, 6.45) is 2.87. The zero-order chi connectivity index (χ0) is 22.5. The first-order valence-electron chi connectivity index (χ1n) is 11.3. The third-order valence-electron chi connectivity index (χ3n) is 6.35. The molecule has 0 bridgehead atoms. The van der Waals surface area contributed by atoms with Crippen LogP contribution in [-0.2, 0) is 11.2 Å². The maximum Gasteiger partial charge on any atom is 0.322 e. The fourth-order valence-electron chi connectivity index (χ4n) is 4.59. The van der Waals surface area contributed by atoms with Gasteiger partial charge in [0.2, 0.25) is 0 Å². The van der Waals surface area contributed by atoms with E-state index in [-0.39, 0.29) is 18.4 Å². The SMILES string of the molecule is COC(C)Oc1ccc(Br)c(CC2CCN(CC3CCN(c4ccccc4)C(=O)N3)C2)c1. The highest BCUT2D eigenvalue weighted by Crippen LogP contribution is 2.29. The number of anilines is 1. The number of nitrogens with one attached hydrogen (secondary N) is 1. The molecule has 0 aliphatic carbocycles. The molecule has 1 N–H and O–H groups in total. The Bertz CT molecular complexity index is 911. The van der Waals surface area contributed by atoms with E-state index in [0.29, 0.717) is 5.92 Å². The van der Waals surface area contributed by atoms with Gasteiger partial charge in [-0.2, -0.15) is 0 Å². The van der Waals surface area contributed by atoms with Crippen molar-refractivity contribution in [3.05, 3.63) is 58.6 Å². The second-order valence-corrected chi connectivity index (χ2v) is 9.57. The maximum absolute atomic E-state index is 12.6. The summed E-state index contributed by atoms with van der Waals surface area (Å²) in [5, 5.41) is 3.21. The number of hydrogen-bond acceptors (Lipinski definition) is 4. The van der Waals surface area contributed by atoms with Crippen LogP contribution in [0.5, 0.6) is 5.75 Å². The largest absolute Gasteiger partial charge is 0.465 e. The van der Waals surface area contributed by atoms with Crippen LogP contribution in [0.1, 0.15) is 25.3 Å². The average molecular weight is 502 g/mol. The fourth-order valence-corrected chi connectivity index (χ4v) is 5.00. The van der Waals surface area contributed by atoms with Crippen molar-refractivity contribution >= 4 is 27.6 Å². The Balaban J connectivity index is 1.28. The van der Waals surface area contributed by atoms with Gasteiger partial charge < -0.3 is 19.7 Å². The summed E-state index contributed by atoms with van der Waals surface area (Å²) in [5.41, 5.74) is 2.23. The number of rotatable bonds is 8. The lowest BCUT2D eigenvalue weighted by Gasteiger charge is -2.34. The molecule has 0 saturated carbocycles. The molecule has 2 aromatic carbocycles. The van der Waals surface area contributed by atoms with Gasteiger partial charge in [0, 0.05) is 42.9 Å². The highest BCUT2D eigenvalue weighted by atomic mass is 79.9. The molecule has 2 fully saturated rings. The second-order valence-electron chi connectivity index (χ2n) is 8.72. The molecule has 2 aliphatic rings. The molecule has 2 aromatic rings. The monoisotopic (exact) mass is 501 g/mol. The summed E-state index contributed by atoms with van der Waals surface area (Å²) in [4.78, 5) is 17.0. The normalized spacial score (nSPS) is 22.6. The van der Waals surface area contributed by atoms with Gasteiger partial charge in [0.05, 0.1) is 0 Å². The molecule has 0 radical (unpaired) electrons. The van der Waals surface area contributed by atoms with Gasteiger partial charge in [0.1, 0.15) is 5.75 Å². The summed E-state index contributed by atoms with van der Waals surface area (Å²) >= 11 is 3.69. The van der Waals surface area contributed by atoms with Crippen LogP contribution < -0.4 is 15.0 Å². The van der Waals surface area contributed by atoms with Crippen LogP contribution in [-0.4, -0.2) is 56.6 Å². The summed E-state index contributed by atoms with van der Waals surface area (Å²) in [5.74, 6) is 1.43. The van der Waals surface area contributed by atoms with Crippen LogP contribution in [0.15, 0.2) is 53.0 Å². The van der Waals surface area contributed by atoms with Gasteiger partial charge in [-0.15, -0.1) is 0 Å². The van der Waals surface area contributed by atoms with Crippen LogP contribution in [0.25, 0.3) is 0 Å². The molecule has 3 unspecified atom stereocenters. The standard InChI is InChI=1S/C25H32BrN3O3/c1-18(31-2)32-23-8-9-24(26)20(15-23)14-19-10-12-28(16-19)17-21-11-13-29(25(30)27-21)22-6-4-3-5-7-22/h3-9,15,18-19,21H,10-14,16-17H2,1-2H3,(H,27,30). The number of amides is 2. The summed E-state index contributed by atoms with van der Waals surface area (Å²) in [6, 6.07) is 16.2. The number of carbonyl (C=O) groups is 1. The molecule has 32 heavy (non-hydrogen) atoms. The Morgan fingerprint density at radius 3 is 2.72 bits per heavy atom. The minimum absolute atomic E-state index is 0.00855. The minimum atomic E-state index is -0.269. The smallest absolute Gasteiger partial charge is 0.322 e. The molecule has 3 atom stereocenters. The summed E-state index contributed by atoms with van der Waals surface area (Å²) in [7, 11) is 1.64. The van der Waals surface area contributed by atoms with Gasteiger partial charge in [-0.25, -0.2) is 4.79 Å². The van der Waals surface area contributed by atoms with E-state index in [4.69, 9.17) is 9.47 Å². The first kappa shape index (κ1) is 23.1. The van der Waals surface area contributed by atoms with E-state index in [1.807, 2.05) is 48.2 Å². The minimum Gasteiger partial charge on any atom is -0.465 e. The van der Waals surface area contributed by atoms with E-state index in [0.717, 1.165) is 54.9 Å². The number of para-hydroxylation sites is 1. The summed E-state index contributed by atoms with van der Waals surface area (Å²) in [6.45, 7) is 5.70.